The summed E-state index contributed by atoms with van der Waals surface area (Å²) in [4.78, 5) is 81.6. The fourth-order valence-corrected chi connectivity index (χ4v) is 9.98. The van der Waals surface area contributed by atoms with E-state index in [4.69, 9.17) is 33.5 Å². The van der Waals surface area contributed by atoms with Crippen LogP contribution in [-0.4, -0.2) is 138 Å². The van der Waals surface area contributed by atoms with E-state index in [-0.39, 0.29) is 56.3 Å². The van der Waals surface area contributed by atoms with Gasteiger partial charge < -0.3 is 48.6 Å². The fraction of sp³-hybridized carbons (Fsp3) is 0.750. The maximum Gasteiger partial charge on any atom is 0.329 e. The Balaban J connectivity index is 1.73. The van der Waals surface area contributed by atoms with Gasteiger partial charge in [0.05, 0.1) is 37.3 Å². The van der Waals surface area contributed by atoms with E-state index in [9.17, 15) is 39.0 Å². The molecule has 3 aliphatic heterocycles. The molecule has 4 rings (SSSR count). The molecule has 1 aliphatic carbocycles. The number of fused-ring (bicyclic) bond motifs is 3. The first-order valence-corrected chi connectivity index (χ1v) is 22.9. The minimum absolute atomic E-state index is 0.0212. The minimum atomic E-state index is -2.55. The molecule has 0 aromatic rings. The smallest absolute Gasteiger partial charge is 0.329 e. The van der Waals surface area contributed by atoms with E-state index < -0.39 is 102 Å². The number of aliphatic carboxylic acids is 1. The summed E-state index contributed by atoms with van der Waals surface area (Å²) in [6.07, 6.45) is 3.14. The molecule has 0 aromatic heterocycles. The number of esters is 2. The highest BCUT2D eigenvalue weighted by molar-refractivity contribution is 6.39. The lowest BCUT2D eigenvalue weighted by atomic mass is 9.81. The zero-order chi connectivity index (χ0) is 47.5. The Morgan fingerprint density at radius 2 is 1.59 bits per heavy atom. The van der Waals surface area contributed by atoms with Gasteiger partial charge in [0.2, 0.25) is 5.79 Å². The highest BCUT2D eigenvalue weighted by Crippen LogP contribution is 2.39. The Labute approximate surface area is 378 Å². The van der Waals surface area contributed by atoms with Crippen LogP contribution in [0.3, 0.4) is 0 Å². The molecule has 3 N–H and O–H groups in total. The van der Waals surface area contributed by atoms with E-state index >= 15 is 0 Å². The number of aliphatic hydroxyl groups excluding tert-OH is 1. The standard InChI is InChI=1S/C48H73NO15/c1-10-13-33-21-27(2)20-28(3)22-39(60-8)44-40(61-9)24-30(5)48(58,64-44)45(55)46(56)49-19-12-11-14-34(49)47(57)63-43(31(6)35(50)26-36(33)51)29(4)23-32-15-16-37(38(25-32)59-7)62-42(54)18-17-41(52)53/h10,21,23,28,30-35,37-40,43-44,50,58H,1,11-20,22,24-26H2,2-9H3,(H,52,53)/b27-21+,29-23?. The van der Waals surface area contributed by atoms with E-state index in [1.54, 1.807) is 26.8 Å². The topological polar surface area (TPSA) is 222 Å². The van der Waals surface area contributed by atoms with Gasteiger partial charge >= 0.3 is 17.9 Å². The summed E-state index contributed by atoms with van der Waals surface area (Å²) in [5.74, 6) is -10.0. The van der Waals surface area contributed by atoms with E-state index in [1.165, 1.54) is 21.3 Å². The van der Waals surface area contributed by atoms with Gasteiger partial charge in [-0.05, 0) is 95.5 Å². The van der Waals surface area contributed by atoms with Crippen LogP contribution in [0.4, 0.5) is 0 Å². The molecule has 14 atom stereocenters. The number of nitrogens with zero attached hydrogens (tertiary/aromatic N) is 1. The highest BCUT2D eigenvalue weighted by atomic mass is 16.7. The number of cyclic esters (lactones) is 1. The van der Waals surface area contributed by atoms with Crippen molar-refractivity contribution in [2.75, 3.05) is 27.9 Å². The molecule has 3 fully saturated rings. The number of carboxylic acids is 1. The Hall–Kier alpha value is -3.80. The number of ketones is 2. The number of Topliss-reactive ketones (excluding diaryl/α,β-unsaturated/α-hetero) is 2. The number of carbonyl (C=O) groups excluding carboxylic acids is 5. The molecule has 14 unspecified atom stereocenters. The predicted molar refractivity (Wildman–Crippen MR) is 233 cm³/mol. The van der Waals surface area contributed by atoms with Crippen LogP contribution in [0.5, 0.6) is 0 Å². The number of carboxylic acid groups (broad SMARTS) is 1. The van der Waals surface area contributed by atoms with Gasteiger partial charge in [-0.2, -0.15) is 0 Å². The van der Waals surface area contributed by atoms with Crippen LogP contribution >= 0.6 is 0 Å². The second-order valence-electron chi connectivity index (χ2n) is 18.6. The molecule has 16 heteroatoms. The zero-order valence-corrected chi connectivity index (χ0v) is 39.0. The average Bonchev–Trinajstić information content (AvgIpc) is 3.26. The Bertz CT molecular complexity index is 1730. The second-order valence-corrected chi connectivity index (χ2v) is 18.6. The van der Waals surface area contributed by atoms with E-state index in [2.05, 4.69) is 6.58 Å². The first-order valence-electron chi connectivity index (χ1n) is 22.9. The largest absolute Gasteiger partial charge is 0.481 e. The maximum absolute atomic E-state index is 14.5. The number of piperidine rings is 1. The van der Waals surface area contributed by atoms with Crippen molar-refractivity contribution >= 4 is 35.4 Å². The normalized spacial score (nSPS) is 37.6. The van der Waals surface area contributed by atoms with Gasteiger partial charge in [0.1, 0.15) is 30.1 Å². The van der Waals surface area contributed by atoms with E-state index in [0.29, 0.717) is 56.9 Å². The molecule has 360 valence electrons. The van der Waals surface area contributed by atoms with Crippen LogP contribution in [0.25, 0.3) is 0 Å². The third-order valence-corrected chi connectivity index (χ3v) is 13.7. The molecule has 2 saturated heterocycles. The van der Waals surface area contributed by atoms with Crippen LogP contribution in [0.15, 0.2) is 36.0 Å². The first kappa shape index (κ1) is 52.8. The van der Waals surface area contributed by atoms with Gasteiger partial charge in [-0.15, -0.1) is 6.58 Å². The van der Waals surface area contributed by atoms with Gasteiger partial charge in [-0.1, -0.05) is 44.6 Å². The predicted octanol–water partition coefficient (Wildman–Crippen LogP) is 5.05. The Morgan fingerprint density at radius 3 is 2.23 bits per heavy atom. The molecule has 4 aliphatic rings. The van der Waals surface area contributed by atoms with Crippen molar-refractivity contribution < 1.29 is 72.5 Å². The highest BCUT2D eigenvalue weighted by Gasteiger charge is 2.56. The van der Waals surface area contributed by atoms with Crippen molar-refractivity contribution in [1.82, 2.24) is 4.90 Å². The number of aliphatic hydroxyl groups is 2. The lowest BCUT2D eigenvalue weighted by molar-refractivity contribution is -0.302. The maximum atomic E-state index is 14.5. The number of allylic oxidation sites excluding steroid dienone is 4. The third-order valence-electron chi connectivity index (χ3n) is 13.7. The lowest BCUT2D eigenvalue weighted by Gasteiger charge is -2.47. The molecular formula is C48H73NO15. The van der Waals surface area contributed by atoms with Crippen LogP contribution in [-0.2, 0) is 57.2 Å². The zero-order valence-electron chi connectivity index (χ0n) is 39.0. The average molecular weight is 904 g/mol. The molecule has 2 bridgehead atoms. The van der Waals surface area contributed by atoms with Crippen LogP contribution in [0, 0.1) is 29.6 Å². The molecule has 1 saturated carbocycles. The Morgan fingerprint density at radius 1 is 0.922 bits per heavy atom. The summed E-state index contributed by atoms with van der Waals surface area (Å²) < 4.78 is 35.6. The summed E-state index contributed by atoms with van der Waals surface area (Å²) in [6, 6.07) is -1.20. The van der Waals surface area contributed by atoms with Crippen molar-refractivity contribution in [3.63, 3.8) is 0 Å². The van der Waals surface area contributed by atoms with Gasteiger partial charge in [-0.25, -0.2) is 4.79 Å². The number of rotatable bonds is 11. The van der Waals surface area contributed by atoms with Gasteiger partial charge in [0.15, 0.2) is 0 Å². The molecule has 16 nitrogen and oxygen atoms in total. The molecule has 64 heavy (non-hydrogen) atoms. The molecule has 0 radical (unpaired) electrons. The fourth-order valence-electron chi connectivity index (χ4n) is 9.98. The van der Waals surface area contributed by atoms with Gasteiger partial charge in [0.25, 0.3) is 11.7 Å². The molecule has 0 spiro atoms. The van der Waals surface area contributed by atoms with Crippen LogP contribution < -0.4 is 0 Å². The second kappa shape index (κ2) is 24.1. The summed E-state index contributed by atoms with van der Waals surface area (Å²) in [6.45, 7) is 12.9. The summed E-state index contributed by atoms with van der Waals surface area (Å²) in [7, 11) is 4.52. The van der Waals surface area contributed by atoms with Crippen molar-refractivity contribution in [3.05, 3.63) is 36.0 Å². The summed E-state index contributed by atoms with van der Waals surface area (Å²) >= 11 is 0. The monoisotopic (exact) mass is 903 g/mol. The number of carbonyl (C=O) groups is 6. The number of hydrogen-bond donors (Lipinski definition) is 3. The van der Waals surface area contributed by atoms with E-state index in [0.717, 1.165) is 10.5 Å². The van der Waals surface area contributed by atoms with Crippen molar-refractivity contribution in [1.29, 1.82) is 0 Å². The van der Waals surface area contributed by atoms with Crippen molar-refractivity contribution in [3.8, 4) is 0 Å². The molecule has 1 amide bonds. The van der Waals surface area contributed by atoms with E-state index in [1.807, 2.05) is 26.0 Å². The van der Waals surface area contributed by atoms with Crippen LogP contribution in [0.1, 0.15) is 118 Å². The quantitative estimate of drug-likeness (QED) is 0.140. The van der Waals surface area contributed by atoms with Crippen molar-refractivity contribution in [2.24, 2.45) is 29.6 Å². The number of ether oxygens (including phenoxy) is 6. The summed E-state index contributed by atoms with van der Waals surface area (Å²) in [5.41, 5.74) is 1.50. The van der Waals surface area contributed by atoms with Gasteiger partial charge in [-0.3, -0.25) is 24.0 Å². The minimum Gasteiger partial charge on any atom is -0.481 e. The molecular weight excluding hydrogens is 831 g/mol. The number of methoxy groups -OCH3 is 3. The Kier molecular flexibility index (Phi) is 19.9. The van der Waals surface area contributed by atoms with Crippen LogP contribution in [0.2, 0.25) is 0 Å². The van der Waals surface area contributed by atoms with Gasteiger partial charge in [0, 0.05) is 52.0 Å². The number of amides is 1. The SMILES string of the molecule is C=CCC1/C=C(\C)CC(C)CC(OC)C2OC(O)(C(=O)C(=O)N3CCCCC3C(=O)OC(C(C)=CC3CCC(OC(=O)CCC(=O)O)C(OC)C3)C(C)C(O)CC1=O)C(C)CC2OC. The molecule has 3 heterocycles. The molecule has 0 aromatic carbocycles. The summed E-state index contributed by atoms with van der Waals surface area (Å²) in [5, 5.41) is 32.9. The number of hydrogen-bond acceptors (Lipinski definition) is 14. The third kappa shape index (κ3) is 13.4. The lowest BCUT2D eigenvalue weighted by Crippen LogP contribution is -2.64. The first-order chi connectivity index (χ1) is 30.3. The van der Waals surface area contributed by atoms with Crippen molar-refractivity contribution in [2.45, 2.75) is 173 Å².